The van der Waals surface area contributed by atoms with Gasteiger partial charge in [-0.1, -0.05) is 151 Å². The van der Waals surface area contributed by atoms with E-state index < -0.39 is 34.7 Å². The number of aryl methyl sites for hydroxylation is 2. The zero-order chi connectivity index (χ0) is 50.0. The van der Waals surface area contributed by atoms with Crippen molar-refractivity contribution in [2.24, 2.45) is 16.6 Å². The van der Waals surface area contributed by atoms with Gasteiger partial charge in [0.15, 0.2) is 10.8 Å². The van der Waals surface area contributed by atoms with Crippen LogP contribution in [0.5, 0.6) is 0 Å². The molecule has 0 heterocycles. The molecule has 0 spiro atoms. The molecule has 0 aliphatic carbocycles. The lowest BCUT2D eigenvalue weighted by atomic mass is 9.87. The van der Waals surface area contributed by atoms with Gasteiger partial charge in [0.05, 0.1) is 39.5 Å². The molecule has 0 saturated heterocycles. The number of nitrogens with one attached hydrogen (secondary N) is 1. The summed E-state index contributed by atoms with van der Waals surface area (Å²) in [7, 11) is 0. The number of benzene rings is 2. The topological polar surface area (TPSA) is 160 Å². The fraction of sp³-hybridized carbons (Fsp3) is 0.625. The van der Waals surface area contributed by atoms with Crippen LogP contribution in [-0.4, -0.2) is 69.7 Å². The molecule has 0 amide bonds. The lowest BCUT2D eigenvalue weighted by molar-refractivity contribution is -0.171. The number of hydrogen-bond acceptors (Lipinski definition) is 11. The largest absolute Gasteiger partial charge is 0.465 e. The molecule has 2 rings (SSSR count). The minimum absolute atomic E-state index is 0.0435. The summed E-state index contributed by atoms with van der Waals surface area (Å²) in [4.78, 5) is 58.5. The molecule has 0 saturated carbocycles. The van der Waals surface area contributed by atoms with Crippen molar-refractivity contribution in [3.05, 3.63) is 70.8 Å². The van der Waals surface area contributed by atoms with Gasteiger partial charge >= 0.3 is 23.9 Å². The van der Waals surface area contributed by atoms with Crippen LogP contribution >= 0.6 is 0 Å². The molecule has 0 aliphatic rings. The third-order valence-corrected chi connectivity index (χ3v) is 11.0. The predicted octanol–water partition coefficient (Wildman–Crippen LogP) is 10.9. The van der Waals surface area contributed by atoms with E-state index in [9.17, 15) is 24.0 Å². The van der Waals surface area contributed by atoms with Gasteiger partial charge in [0, 0.05) is 24.9 Å². The summed E-state index contributed by atoms with van der Waals surface area (Å²) in [6, 6.07) is 16.7. The van der Waals surface area contributed by atoms with Gasteiger partial charge in [0.25, 0.3) is 0 Å². The van der Waals surface area contributed by atoms with Crippen molar-refractivity contribution in [1.29, 1.82) is 0 Å². The van der Waals surface area contributed by atoms with Crippen molar-refractivity contribution in [1.82, 2.24) is 5.32 Å². The van der Waals surface area contributed by atoms with Crippen molar-refractivity contribution in [3.63, 3.8) is 0 Å². The maximum absolute atomic E-state index is 12.2. The molecule has 0 bridgehead atoms. The molecule has 2 aromatic carbocycles. The van der Waals surface area contributed by atoms with Gasteiger partial charge < -0.3 is 30.0 Å². The Morgan fingerprint density at radius 1 is 0.507 bits per heavy atom. The maximum atomic E-state index is 12.2. The molecule has 3 N–H and O–H groups in total. The van der Waals surface area contributed by atoms with Crippen LogP contribution in [0.2, 0.25) is 0 Å². The summed E-state index contributed by atoms with van der Waals surface area (Å²) in [5, 5.41) is 3.29. The molecule has 0 radical (unpaired) electrons. The van der Waals surface area contributed by atoms with E-state index in [1.807, 2.05) is 12.1 Å². The van der Waals surface area contributed by atoms with Crippen molar-refractivity contribution < 1.29 is 42.9 Å². The highest BCUT2D eigenvalue weighted by Gasteiger charge is 2.44. The Morgan fingerprint density at radius 2 is 0.851 bits per heavy atom. The highest BCUT2D eigenvalue weighted by molar-refractivity contribution is 6.00. The first-order valence-electron chi connectivity index (χ1n) is 25.0. The average Bonchev–Trinajstić information content (AvgIpc) is 3.33. The Bertz CT molecular complexity index is 1730. The third-order valence-electron chi connectivity index (χ3n) is 11.0. The second-order valence-corrected chi connectivity index (χ2v) is 16.8. The number of nitrogens with two attached hydrogens (primary N) is 1. The average molecular weight is 931 g/mol. The van der Waals surface area contributed by atoms with Crippen LogP contribution < -0.4 is 11.1 Å². The molecule has 2 aromatic rings. The van der Waals surface area contributed by atoms with Crippen LogP contribution in [0.15, 0.2) is 48.5 Å². The first kappa shape index (κ1) is 62.0. The SMILES string of the molecule is CCCCCCCCCc1ccc(C=O)cc1.CCCCCCCCCc1ccc(CNCC#CCC(C)(C(=O)OCC)C(=O)OCC)cc1.CCOC(=O)C(C)(CC#CCN)C(=O)OCC. The summed E-state index contributed by atoms with van der Waals surface area (Å²) in [5.41, 5.74) is 7.17. The van der Waals surface area contributed by atoms with E-state index in [1.165, 1.54) is 120 Å². The van der Waals surface area contributed by atoms with Crippen LogP contribution in [0.25, 0.3) is 0 Å². The van der Waals surface area contributed by atoms with E-state index >= 15 is 0 Å². The smallest absolute Gasteiger partial charge is 0.324 e. The summed E-state index contributed by atoms with van der Waals surface area (Å²) >= 11 is 0. The Labute approximate surface area is 405 Å². The fourth-order valence-electron chi connectivity index (χ4n) is 6.66. The normalized spacial score (nSPS) is 10.6. The first-order valence-corrected chi connectivity index (χ1v) is 25.0. The molecule has 0 aliphatic heterocycles. The van der Waals surface area contributed by atoms with Gasteiger partial charge in [0.1, 0.15) is 6.29 Å². The van der Waals surface area contributed by atoms with Crippen molar-refractivity contribution in [2.45, 2.75) is 178 Å². The number of carbonyl (C=O) groups is 5. The number of hydrogen-bond donors (Lipinski definition) is 2. The predicted molar refractivity (Wildman–Crippen MR) is 270 cm³/mol. The molecular weight excluding hydrogens is 845 g/mol. The first-order chi connectivity index (χ1) is 32.4. The molecule has 0 aromatic heterocycles. The van der Waals surface area contributed by atoms with E-state index in [4.69, 9.17) is 24.7 Å². The van der Waals surface area contributed by atoms with Crippen molar-refractivity contribution in [2.75, 3.05) is 39.5 Å². The number of aldehydes is 1. The zero-order valence-corrected chi connectivity index (χ0v) is 42.6. The van der Waals surface area contributed by atoms with Gasteiger partial charge in [-0.15, -0.1) is 11.8 Å². The Balaban J connectivity index is 0.00000108. The van der Waals surface area contributed by atoms with Crippen LogP contribution in [0.3, 0.4) is 0 Å². The van der Waals surface area contributed by atoms with Gasteiger partial charge in [-0.05, 0) is 83.9 Å². The monoisotopic (exact) mass is 931 g/mol. The van der Waals surface area contributed by atoms with Crippen molar-refractivity contribution >= 4 is 30.2 Å². The van der Waals surface area contributed by atoms with Gasteiger partial charge in [-0.2, -0.15) is 0 Å². The number of ether oxygens (including phenoxy) is 4. The Kier molecular flexibility index (Phi) is 37.2. The van der Waals surface area contributed by atoms with E-state index in [-0.39, 0.29) is 45.8 Å². The standard InChI is InChI=1S/C28H43NO4.C16H24O.C12H19NO4/c1-5-8-9-10-11-12-13-16-24-17-19-25(20-18-24)23-29-22-15-14-21-28(4,26(30)32-6-2)27(31)33-7-3;1-2-3-4-5-6-7-8-9-15-10-12-16(14-17)13-11-15;1-4-16-10(14)12(3,8-6-7-9-13)11(15)17-5-2/h17-20,29H,5-13,16,21-23H2,1-4H3;10-14H,2-9H2,1H3;4-5,8-9,13H2,1-3H3. The third kappa shape index (κ3) is 28.1. The van der Waals surface area contributed by atoms with Crippen LogP contribution in [0, 0.1) is 34.5 Å². The summed E-state index contributed by atoms with van der Waals surface area (Å²) < 4.78 is 19.8. The molecule has 11 nitrogen and oxygen atoms in total. The zero-order valence-electron chi connectivity index (χ0n) is 42.6. The lowest BCUT2D eigenvalue weighted by Crippen LogP contribution is -2.39. The van der Waals surface area contributed by atoms with E-state index in [2.05, 4.69) is 79.2 Å². The maximum Gasteiger partial charge on any atom is 0.324 e. The van der Waals surface area contributed by atoms with Crippen LogP contribution in [0.1, 0.15) is 185 Å². The Morgan fingerprint density at radius 3 is 1.21 bits per heavy atom. The molecular formula is C56H86N2O9. The van der Waals surface area contributed by atoms with E-state index in [1.54, 1.807) is 27.7 Å². The highest BCUT2D eigenvalue weighted by Crippen LogP contribution is 2.26. The number of carbonyl (C=O) groups excluding carboxylic acids is 5. The van der Waals surface area contributed by atoms with Gasteiger partial charge in [-0.3, -0.25) is 24.0 Å². The number of esters is 4. The molecule has 0 fully saturated rings. The summed E-state index contributed by atoms with van der Waals surface area (Å²) in [5.74, 6) is 8.78. The van der Waals surface area contributed by atoms with Crippen LogP contribution in [0.4, 0.5) is 0 Å². The molecule has 67 heavy (non-hydrogen) atoms. The number of rotatable bonds is 30. The lowest BCUT2D eigenvalue weighted by Gasteiger charge is -2.22. The molecule has 11 heteroatoms. The fourth-order valence-corrected chi connectivity index (χ4v) is 6.66. The van der Waals surface area contributed by atoms with Crippen molar-refractivity contribution in [3.8, 4) is 23.7 Å². The Hall–Kier alpha value is -4.97. The molecule has 0 atom stereocenters. The summed E-state index contributed by atoms with van der Waals surface area (Å²) in [6.45, 7) is 16.5. The van der Waals surface area contributed by atoms with E-state index in [0.717, 1.165) is 31.2 Å². The minimum atomic E-state index is -1.40. The second-order valence-electron chi connectivity index (χ2n) is 16.8. The minimum Gasteiger partial charge on any atom is -0.465 e. The van der Waals surface area contributed by atoms with Gasteiger partial charge in [0.2, 0.25) is 0 Å². The van der Waals surface area contributed by atoms with E-state index in [0.29, 0.717) is 6.54 Å². The van der Waals surface area contributed by atoms with Gasteiger partial charge in [-0.25, -0.2) is 0 Å². The molecule has 0 unspecified atom stereocenters. The summed E-state index contributed by atoms with van der Waals surface area (Å²) in [6.07, 6.45) is 22.1. The highest BCUT2D eigenvalue weighted by atomic mass is 16.6. The van der Waals surface area contributed by atoms with Crippen LogP contribution in [-0.2, 0) is 57.5 Å². The molecule has 374 valence electrons. The second kappa shape index (κ2) is 40.1. The quantitative estimate of drug-likeness (QED) is 0.0192. The number of unbranched alkanes of at least 4 members (excludes halogenated alkanes) is 12.